The van der Waals surface area contributed by atoms with Crippen LogP contribution in [0.3, 0.4) is 0 Å². The highest BCUT2D eigenvalue weighted by Gasteiger charge is 2.31. The van der Waals surface area contributed by atoms with E-state index in [4.69, 9.17) is 11.6 Å². The molecule has 90 valence electrons. The fraction of sp³-hybridized carbons (Fsp3) is 0.625. The smallest absolute Gasteiger partial charge is 0.249 e. The van der Waals surface area contributed by atoms with Crippen LogP contribution >= 0.6 is 11.6 Å². The number of hydrogen-bond acceptors (Lipinski definition) is 3. The lowest BCUT2D eigenvalue weighted by molar-refractivity contribution is 0.144. The maximum Gasteiger partial charge on any atom is 0.282 e. The number of aromatic nitrogens is 2. The zero-order valence-corrected chi connectivity index (χ0v) is 9.68. The summed E-state index contributed by atoms with van der Waals surface area (Å²) in [5.74, 6) is -0.0328. The first kappa shape index (κ1) is 11.8. The third-order valence-corrected chi connectivity index (χ3v) is 4.52. The van der Waals surface area contributed by atoms with Gasteiger partial charge in [0.25, 0.3) is 6.43 Å². The Morgan fingerprint density at radius 3 is 2.69 bits per heavy atom. The van der Waals surface area contributed by atoms with E-state index in [9.17, 15) is 17.2 Å². The summed E-state index contributed by atoms with van der Waals surface area (Å²) in [4.78, 5) is 0. The lowest BCUT2D eigenvalue weighted by atomic mass is 10.3. The summed E-state index contributed by atoms with van der Waals surface area (Å²) in [6.45, 7) is 0. The van der Waals surface area contributed by atoms with E-state index in [1.165, 1.54) is 4.68 Å². The second kappa shape index (κ2) is 3.96. The molecule has 1 unspecified atom stereocenters. The monoisotopic (exact) mass is 270 g/mol. The predicted molar refractivity (Wildman–Crippen MR) is 54.5 cm³/mol. The van der Waals surface area contributed by atoms with E-state index in [0.29, 0.717) is 6.42 Å². The number of alkyl halides is 2. The molecule has 0 N–H and O–H groups in total. The molecule has 0 radical (unpaired) electrons. The van der Waals surface area contributed by atoms with Gasteiger partial charge in [0.15, 0.2) is 9.84 Å². The SMILES string of the molecule is O=S1(=O)CCC(n2nc(C(F)F)cc2Cl)C1. The van der Waals surface area contributed by atoms with Crippen LogP contribution in [0.15, 0.2) is 6.07 Å². The molecule has 0 amide bonds. The zero-order valence-electron chi connectivity index (χ0n) is 8.11. The Kier molecular flexibility index (Phi) is 2.91. The molecule has 0 bridgehead atoms. The Morgan fingerprint density at radius 2 is 2.25 bits per heavy atom. The lowest BCUT2D eigenvalue weighted by Gasteiger charge is -2.09. The molecule has 8 heteroatoms. The molecular weight excluding hydrogens is 262 g/mol. The van der Waals surface area contributed by atoms with Crippen LogP contribution in [0.25, 0.3) is 0 Å². The maximum absolute atomic E-state index is 12.3. The summed E-state index contributed by atoms with van der Waals surface area (Å²) in [7, 11) is -3.08. The average molecular weight is 271 g/mol. The van der Waals surface area contributed by atoms with Crippen molar-refractivity contribution in [3.8, 4) is 0 Å². The molecule has 2 heterocycles. The van der Waals surface area contributed by atoms with Crippen molar-refractivity contribution in [2.24, 2.45) is 0 Å². The molecule has 0 saturated carbocycles. The summed E-state index contributed by atoms with van der Waals surface area (Å²) in [5, 5.41) is 3.68. The van der Waals surface area contributed by atoms with E-state index in [-0.39, 0.29) is 16.7 Å². The number of rotatable bonds is 2. The lowest BCUT2D eigenvalue weighted by Crippen LogP contribution is -2.12. The molecule has 0 aliphatic carbocycles. The number of sulfone groups is 1. The molecule has 4 nitrogen and oxygen atoms in total. The van der Waals surface area contributed by atoms with Gasteiger partial charge in [-0.25, -0.2) is 21.9 Å². The van der Waals surface area contributed by atoms with Crippen molar-refractivity contribution in [1.82, 2.24) is 9.78 Å². The van der Waals surface area contributed by atoms with Gasteiger partial charge in [0.05, 0.1) is 17.5 Å². The van der Waals surface area contributed by atoms with Gasteiger partial charge in [-0.3, -0.25) is 0 Å². The first-order chi connectivity index (χ1) is 7.39. The van der Waals surface area contributed by atoms with E-state index in [1.54, 1.807) is 0 Å². The van der Waals surface area contributed by atoms with Crippen molar-refractivity contribution in [1.29, 1.82) is 0 Å². The maximum atomic E-state index is 12.3. The molecule has 0 spiro atoms. The Balaban J connectivity index is 2.28. The average Bonchev–Trinajstić information content (AvgIpc) is 2.69. The molecule has 1 aromatic rings. The molecule has 1 aliphatic rings. The van der Waals surface area contributed by atoms with Gasteiger partial charge in [-0.1, -0.05) is 11.6 Å². The molecule has 1 fully saturated rings. The first-order valence-electron chi connectivity index (χ1n) is 4.62. The fourth-order valence-electron chi connectivity index (χ4n) is 1.72. The fourth-order valence-corrected chi connectivity index (χ4v) is 3.70. The van der Waals surface area contributed by atoms with Crippen molar-refractivity contribution in [2.75, 3.05) is 11.5 Å². The molecule has 1 aliphatic heterocycles. The molecule has 0 aromatic carbocycles. The molecule has 2 rings (SSSR count). The van der Waals surface area contributed by atoms with Crippen molar-refractivity contribution in [3.05, 3.63) is 16.9 Å². The summed E-state index contributed by atoms with van der Waals surface area (Å²) < 4.78 is 48.3. The summed E-state index contributed by atoms with van der Waals surface area (Å²) in [6, 6.07) is 0.641. The van der Waals surface area contributed by atoms with Crippen LogP contribution in [-0.2, 0) is 9.84 Å². The zero-order chi connectivity index (χ0) is 11.9. The minimum atomic E-state index is -3.08. The van der Waals surface area contributed by atoms with Gasteiger partial charge in [-0.15, -0.1) is 0 Å². The topological polar surface area (TPSA) is 52.0 Å². The number of nitrogens with zero attached hydrogens (tertiary/aromatic N) is 2. The largest absolute Gasteiger partial charge is 0.282 e. The van der Waals surface area contributed by atoms with E-state index >= 15 is 0 Å². The van der Waals surface area contributed by atoms with Gasteiger partial charge < -0.3 is 0 Å². The van der Waals surface area contributed by atoms with Crippen LogP contribution in [-0.4, -0.2) is 29.7 Å². The first-order valence-corrected chi connectivity index (χ1v) is 6.82. The van der Waals surface area contributed by atoms with E-state index in [0.717, 1.165) is 6.07 Å². The van der Waals surface area contributed by atoms with E-state index < -0.39 is 28.0 Å². The van der Waals surface area contributed by atoms with Crippen LogP contribution in [0.5, 0.6) is 0 Å². The third-order valence-electron chi connectivity index (χ3n) is 2.49. The molecule has 1 atom stereocenters. The van der Waals surface area contributed by atoms with Crippen LogP contribution < -0.4 is 0 Å². The van der Waals surface area contributed by atoms with Gasteiger partial charge >= 0.3 is 0 Å². The summed E-state index contributed by atoms with van der Waals surface area (Å²) >= 11 is 5.73. The van der Waals surface area contributed by atoms with Crippen molar-refractivity contribution >= 4 is 21.4 Å². The quantitative estimate of drug-likeness (QED) is 0.824. The van der Waals surface area contributed by atoms with E-state index in [2.05, 4.69) is 5.10 Å². The Morgan fingerprint density at radius 1 is 1.56 bits per heavy atom. The highest BCUT2D eigenvalue weighted by molar-refractivity contribution is 7.91. The van der Waals surface area contributed by atoms with E-state index in [1.807, 2.05) is 0 Å². The van der Waals surface area contributed by atoms with Gasteiger partial charge in [0, 0.05) is 6.07 Å². The van der Waals surface area contributed by atoms with Crippen LogP contribution in [0.1, 0.15) is 24.6 Å². The molecule has 1 aromatic heterocycles. The third kappa shape index (κ3) is 2.20. The van der Waals surface area contributed by atoms with Gasteiger partial charge in [0.1, 0.15) is 10.8 Å². The second-order valence-corrected chi connectivity index (χ2v) is 6.31. The highest BCUT2D eigenvalue weighted by Crippen LogP contribution is 2.29. The minimum absolute atomic E-state index is 0.0531. The molecule has 1 saturated heterocycles. The van der Waals surface area contributed by atoms with Crippen molar-refractivity contribution < 1.29 is 17.2 Å². The Bertz CT molecular complexity index is 500. The number of halogens is 3. The molecule has 16 heavy (non-hydrogen) atoms. The standard InChI is InChI=1S/C8H9ClF2N2O2S/c9-7-3-6(8(10)11)12-13(7)5-1-2-16(14,15)4-5/h3,5,8H,1-2,4H2. The predicted octanol–water partition coefficient (Wildman–Crippen LogP) is 1.83. The van der Waals surface area contributed by atoms with Crippen molar-refractivity contribution in [3.63, 3.8) is 0 Å². The normalized spacial score (nSPS) is 24.1. The van der Waals surface area contributed by atoms with Crippen LogP contribution in [0.2, 0.25) is 5.15 Å². The molecular formula is C8H9ClF2N2O2S. The number of hydrogen-bond donors (Lipinski definition) is 0. The van der Waals surface area contributed by atoms with Gasteiger partial charge in [-0.05, 0) is 6.42 Å². The second-order valence-electron chi connectivity index (χ2n) is 3.69. The highest BCUT2D eigenvalue weighted by atomic mass is 35.5. The van der Waals surface area contributed by atoms with Gasteiger partial charge in [0.2, 0.25) is 0 Å². The van der Waals surface area contributed by atoms with Crippen LogP contribution in [0, 0.1) is 0 Å². The summed E-state index contributed by atoms with van der Waals surface area (Å²) in [6.07, 6.45) is -2.33. The summed E-state index contributed by atoms with van der Waals surface area (Å²) in [5.41, 5.74) is -0.422. The van der Waals surface area contributed by atoms with Gasteiger partial charge in [-0.2, -0.15) is 5.10 Å². The Hall–Kier alpha value is -0.690. The van der Waals surface area contributed by atoms with Crippen molar-refractivity contribution in [2.45, 2.75) is 18.9 Å². The Labute approximate surface area is 96.1 Å². The van der Waals surface area contributed by atoms with Crippen LogP contribution in [0.4, 0.5) is 8.78 Å². The minimum Gasteiger partial charge on any atom is -0.249 e.